The SMILES string of the molecule is CCC1(CNCC(O)COc2cc(Cl)ccc2Cl)CC1. The zero-order valence-electron chi connectivity index (χ0n) is 11.7. The molecule has 1 saturated carbocycles. The summed E-state index contributed by atoms with van der Waals surface area (Å²) < 4.78 is 5.50. The summed E-state index contributed by atoms with van der Waals surface area (Å²) in [4.78, 5) is 0. The molecule has 1 aliphatic carbocycles. The van der Waals surface area contributed by atoms with E-state index in [-0.39, 0.29) is 6.61 Å². The van der Waals surface area contributed by atoms with Crippen LogP contribution in [0.4, 0.5) is 0 Å². The summed E-state index contributed by atoms with van der Waals surface area (Å²) in [5.41, 5.74) is 0.483. The second kappa shape index (κ2) is 6.99. The van der Waals surface area contributed by atoms with Gasteiger partial charge in [0.25, 0.3) is 0 Å². The third-order valence-electron chi connectivity index (χ3n) is 3.91. The Bertz CT molecular complexity index is 449. The van der Waals surface area contributed by atoms with Crippen LogP contribution in [-0.2, 0) is 0 Å². The van der Waals surface area contributed by atoms with Crippen LogP contribution in [-0.4, -0.2) is 30.9 Å². The Morgan fingerprint density at radius 3 is 2.80 bits per heavy atom. The number of aliphatic hydroxyl groups excluding tert-OH is 1. The molecule has 0 heterocycles. The van der Waals surface area contributed by atoms with E-state index in [1.54, 1.807) is 18.2 Å². The molecule has 1 atom stereocenters. The number of hydrogen-bond donors (Lipinski definition) is 2. The van der Waals surface area contributed by atoms with Gasteiger partial charge in [-0.15, -0.1) is 0 Å². The van der Waals surface area contributed by atoms with E-state index in [1.165, 1.54) is 19.3 Å². The highest BCUT2D eigenvalue weighted by Crippen LogP contribution is 2.47. The van der Waals surface area contributed by atoms with Crippen molar-refractivity contribution in [1.82, 2.24) is 5.32 Å². The standard InChI is InChI=1S/C15H21Cl2NO2/c1-2-15(5-6-15)10-18-8-12(19)9-20-14-7-11(16)3-4-13(14)17/h3-4,7,12,18-19H,2,5-6,8-10H2,1H3. The molecule has 0 bridgehead atoms. The van der Waals surface area contributed by atoms with Gasteiger partial charge < -0.3 is 15.2 Å². The summed E-state index contributed by atoms with van der Waals surface area (Å²) in [5, 5.41) is 14.3. The van der Waals surface area contributed by atoms with Gasteiger partial charge in [-0.05, 0) is 36.8 Å². The van der Waals surface area contributed by atoms with E-state index in [2.05, 4.69) is 12.2 Å². The number of ether oxygens (including phenoxy) is 1. The second-order valence-corrected chi connectivity index (χ2v) is 6.37. The van der Waals surface area contributed by atoms with Gasteiger partial charge in [-0.2, -0.15) is 0 Å². The Kier molecular flexibility index (Phi) is 5.56. The van der Waals surface area contributed by atoms with Crippen LogP contribution in [0.25, 0.3) is 0 Å². The molecule has 1 aromatic carbocycles. The Morgan fingerprint density at radius 2 is 2.15 bits per heavy atom. The van der Waals surface area contributed by atoms with E-state index in [4.69, 9.17) is 27.9 Å². The maximum absolute atomic E-state index is 9.90. The van der Waals surface area contributed by atoms with Gasteiger partial charge in [0.05, 0.1) is 5.02 Å². The lowest BCUT2D eigenvalue weighted by atomic mass is 10.0. The fraction of sp³-hybridized carbons (Fsp3) is 0.600. The predicted molar refractivity (Wildman–Crippen MR) is 82.8 cm³/mol. The normalized spacial score (nSPS) is 17.8. The molecule has 20 heavy (non-hydrogen) atoms. The minimum Gasteiger partial charge on any atom is -0.489 e. The molecule has 5 heteroatoms. The highest BCUT2D eigenvalue weighted by atomic mass is 35.5. The van der Waals surface area contributed by atoms with Crippen molar-refractivity contribution in [2.75, 3.05) is 19.7 Å². The molecule has 1 fully saturated rings. The summed E-state index contributed by atoms with van der Waals surface area (Å²) in [6, 6.07) is 5.04. The van der Waals surface area contributed by atoms with E-state index in [0.717, 1.165) is 6.54 Å². The molecule has 1 unspecified atom stereocenters. The maximum Gasteiger partial charge on any atom is 0.139 e. The lowest BCUT2D eigenvalue weighted by molar-refractivity contribution is 0.105. The van der Waals surface area contributed by atoms with E-state index in [0.29, 0.717) is 27.8 Å². The van der Waals surface area contributed by atoms with Gasteiger partial charge in [0.1, 0.15) is 18.5 Å². The van der Waals surface area contributed by atoms with Crippen molar-refractivity contribution in [2.45, 2.75) is 32.3 Å². The lowest BCUT2D eigenvalue weighted by Gasteiger charge is -2.17. The first-order valence-electron chi connectivity index (χ1n) is 7.01. The molecule has 0 spiro atoms. The van der Waals surface area contributed by atoms with Crippen LogP contribution in [0.1, 0.15) is 26.2 Å². The lowest BCUT2D eigenvalue weighted by Crippen LogP contribution is -2.34. The average Bonchev–Trinajstić information content (AvgIpc) is 3.20. The predicted octanol–water partition coefficient (Wildman–Crippen LogP) is 3.51. The van der Waals surface area contributed by atoms with E-state index in [1.807, 2.05) is 0 Å². The van der Waals surface area contributed by atoms with Gasteiger partial charge in [-0.25, -0.2) is 0 Å². The molecule has 1 aliphatic rings. The first-order valence-corrected chi connectivity index (χ1v) is 7.77. The monoisotopic (exact) mass is 317 g/mol. The fourth-order valence-corrected chi connectivity index (χ4v) is 2.50. The topological polar surface area (TPSA) is 41.5 Å². The minimum absolute atomic E-state index is 0.201. The van der Waals surface area contributed by atoms with Gasteiger partial charge in [-0.1, -0.05) is 30.1 Å². The first kappa shape index (κ1) is 15.9. The van der Waals surface area contributed by atoms with E-state index < -0.39 is 6.10 Å². The molecule has 3 nitrogen and oxygen atoms in total. The van der Waals surface area contributed by atoms with Crippen LogP contribution < -0.4 is 10.1 Å². The molecule has 2 N–H and O–H groups in total. The zero-order chi connectivity index (χ0) is 14.6. The Morgan fingerprint density at radius 1 is 1.40 bits per heavy atom. The molecule has 0 radical (unpaired) electrons. The second-order valence-electron chi connectivity index (χ2n) is 5.52. The number of nitrogens with one attached hydrogen (secondary N) is 1. The summed E-state index contributed by atoms with van der Waals surface area (Å²) in [6.07, 6.45) is 3.23. The van der Waals surface area contributed by atoms with Crippen molar-refractivity contribution in [3.8, 4) is 5.75 Å². The van der Waals surface area contributed by atoms with Crippen LogP contribution >= 0.6 is 23.2 Å². The van der Waals surface area contributed by atoms with Gasteiger partial charge in [0.15, 0.2) is 0 Å². The van der Waals surface area contributed by atoms with E-state index in [9.17, 15) is 5.11 Å². The third kappa shape index (κ3) is 4.52. The Labute approximate surface area is 130 Å². The Balaban J connectivity index is 1.69. The van der Waals surface area contributed by atoms with Gasteiger partial charge in [0, 0.05) is 24.2 Å². The molecule has 0 aromatic heterocycles. The number of benzene rings is 1. The quantitative estimate of drug-likeness (QED) is 0.771. The molecule has 2 rings (SSSR count). The van der Waals surface area contributed by atoms with Crippen molar-refractivity contribution in [2.24, 2.45) is 5.41 Å². The van der Waals surface area contributed by atoms with E-state index >= 15 is 0 Å². The summed E-state index contributed by atoms with van der Waals surface area (Å²) in [5.74, 6) is 0.505. The number of halogens is 2. The smallest absolute Gasteiger partial charge is 0.139 e. The van der Waals surface area contributed by atoms with Crippen LogP contribution in [0.3, 0.4) is 0 Å². The molecule has 1 aromatic rings. The number of aliphatic hydroxyl groups is 1. The largest absolute Gasteiger partial charge is 0.489 e. The molecule has 0 amide bonds. The van der Waals surface area contributed by atoms with Crippen molar-refractivity contribution in [1.29, 1.82) is 0 Å². The van der Waals surface area contributed by atoms with Crippen LogP contribution in [0.15, 0.2) is 18.2 Å². The Hall–Kier alpha value is -0.480. The van der Waals surface area contributed by atoms with Crippen molar-refractivity contribution in [3.63, 3.8) is 0 Å². The number of hydrogen-bond acceptors (Lipinski definition) is 3. The molecular formula is C15H21Cl2NO2. The van der Waals surface area contributed by atoms with Crippen molar-refractivity contribution >= 4 is 23.2 Å². The molecule has 0 aliphatic heterocycles. The molecule has 112 valence electrons. The van der Waals surface area contributed by atoms with Gasteiger partial charge in [0.2, 0.25) is 0 Å². The number of rotatable bonds is 8. The maximum atomic E-state index is 9.90. The van der Waals surface area contributed by atoms with Gasteiger partial charge >= 0.3 is 0 Å². The zero-order valence-corrected chi connectivity index (χ0v) is 13.2. The molecule has 0 saturated heterocycles. The highest BCUT2D eigenvalue weighted by molar-refractivity contribution is 6.34. The van der Waals surface area contributed by atoms with Crippen LogP contribution in [0.2, 0.25) is 10.0 Å². The minimum atomic E-state index is -0.558. The summed E-state index contributed by atoms with van der Waals surface area (Å²) in [7, 11) is 0. The first-order chi connectivity index (χ1) is 9.54. The summed E-state index contributed by atoms with van der Waals surface area (Å²) >= 11 is 11.9. The fourth-order valence-electron chi connectivity index (χ4n) is 2.17. The summed E-state index contributed by atoms with van der Waals surface area (Å²) in [6.45, 7) is 3.92. The van der Waals surface area contributed by atoms with Crippen molar-refractivity contribution < 1.29 is 9.84 Å². The molecular weight excluding hydrogens is 297 g/mol. The van der Waals surface area contributed by atoms with Crippen LogP contribution in [0.5, 0.6) is 5.75 Å². The van der Waals surface area contributed by atoms with Gasteiger partial charge in [-0.3, -0.25) is 0 Å². The third-order valence-corrected chi connectivity index (χ3v) is 4.46. The van der Waals surface area contributed by atoms with Crippen LogP contribution in [0, 0.1) is 5.41 Å². The van der Waals surface area contributed by atoms with Crippen molar-refractivity contribution in [3.05, 3.63) is 28.2 Å². The highest BCUT2D eigenvalue weighted by Gasteiger charge is 2.39. The average molecular weight is 318 g/mol.